The van der Waals surface area contributed by atoms with E-state index in [0.29, 0.717) is 0 Å². The van der Waals surface area contributed by atoms with E-state index in [4.69, 9.17) is 0 Å². The first-order chi connectivity index (χ1) is 9.13. The molecule has 3 heterocycles. The zero-order valence-corrected chi connectivity index (χ0v) is 11.2. The molecule has 0 aliphatic carbocycles. The fourth-order valence-corrected chi connectivity index (χ4v) is 1.92. The van der Waals surface area contributed by atoms with Gasteiger partial charge in [0, 0.05) is 25.9 Å². The van der Waals surface area contributed by atoms with Crippen molar-refractivity contribution in [3.8, 4) is 11.3 Å². The van der Waals surface area contributed by atoms with E-state index in [9.17, 15) is 0 Å². The minimum absolute atomic E-state index is 0.845. The van der Waals surface area contributed by atoms with Gasteiger partial charge in [-0.25, -0.2) is 14.5 Å². The normalized spacial score (nSPS) is 10.9. The number of pyridine rings is 1. The summed E-state index contributed by atoms with van der Waals surface area (Å²) in [4.78, 5) is 10.9. The Morgan fingerprint density at radius 3 is 2.63 bits per heavy atom. The third-order valence-corrected chi connectivity index (χ3v) is 2.96. The summed E-state index contributed by atoms with van der Waals surface area (Å²) in [5.74, 6) is 0.932. The summed E-state index contributed by atoms with van der Waals surface area (Å²) >= 11 is 0. The molecule has 0 saturated heterocycles. The first-order valence-electron chi connectivity index (χ1n) is 6.10. The van der Waals surface area contributed by atoms with Crippen LogP contribution in [0.2, 0.25) is 0 Å². The van der Waals surface area contributed by atoms with E-state index in [1.165, 1.54) is 0 Å². The van der Waals surface area contributed by atoms with E-state index in [-0.39, 0.29) is 0 Å². The number of aromatic nitrogens is 4. The minimum atomic E-state index is 0.845. The number of fused-ring (bicyclic) bond motifs is 1. The van der Waals surface area contributed by atoms with Gasteiger partial charge in [0.2, 0.25) is 0 Å². The second kappa shape index (κ2) is 4.35. The van der Waals surface area contributed by atoms with Crippen LogP contribution in [0.5, 0.6) is 0 Å². The molecule has 3 aromatic rings. The number of hydrogen-bond donors (Lipinski definition) is 0. The number of aryl methyl sites for hydroxylation is 1. The van der Waals surface area contributed by atoms with Gasteiger partial charge in [0.25, 0.3) is 0 Å². The van der Waals surface area contributed by atoms with Gasteiger partial charge in [-0.15, -0.1) is 0 Å². The highest BCUT2D eigenvalue weighted by molar-refractivity contribution is 5.62. The van der Waals surface area contributed by atoms with Gasteiger partial charge >= 0.3 is 0 Å². The van der Waals surface area contributed by atoms with Crippen molar-refractivity contribution in [1.29, 1.82) is 0 Å². The molecule has 5 heteroatoms. The Labute approximate surface area is 111 Å². The number of hydrogen-bond acceptors (Lipinski definition) is 4. The smallest absolute Gasteiger partial charge is 0.154 e. The fourth-order valence-electron chi connectivity index (χ4n) is 1.92. The Hall–Kier alpha value is -2.43. The number of rotatable bonds is 2. The van der Waals surface area contributed by atoms with E-state index in [1.54, 1.807) is 4.52 Å². The third kappa shape index (κ3) is 2.14. The molecule has 19 heavy (non-hydrogen) atoms. The van der Waals surface area contributed by atoms with E-state index in [2.05, 4.69) is 15.1 Å². The van der Waals surface area contributed by atoms with Gasteiger partial charge < -0.3 is 4.90 Å². The molecule has 0 atom stereocenters. The zero-order valence-electron chi connectivity index (χ0n) is 11.2. The Balaban J connectivity index is 2.03. The number of imidazole rings is 1. The molecule has 0 radical (unpaired) electrons. The fraction of sp³-hybridized carbons (Fsp3) is 0.214. The maximum Gasteiger partial charge on any atom is 0.154 e. The monoisotopic (exact) mass is 253 g/mol. The van der Waals surface area contributed by atoms with E-state index >= 15 is 0 Å². The minimum Gasteiger partial charge on any atom is -0.363 e. The van der Waals surface area contributed by atoms with Crippen molar-refractivity contribution in [3.05, 3.63) is 42.4 Å². The third-order valence-electron chi connectivity index (χ3n) is 2.96. The largest absolute Gasteiger partial charge is 0.363 e. The van der Waals surface area contributed by atoms with Gasteiger partial charge in [-0.3, -0.25) is 0 Å². The van der Waals surface area contributed by atoms with Crippen molar-refractivity contribution in [2.75, 3.05) is 19.0 Å². The summed E-state index contributed by atoms with van der Waals surface area (Å²) in [6.07, 6.45) is 3.76. The van der Waals surface area contributed by atoms with Crippen molar-refractivity contribution in [1.82, 2.24) is 19.6 Å². The average molecular weight is 253 g/mol. The second-order valence-corrected chi connectivity index (χ2v) is 4.70. The summed E-state index contributed by atoms with van der Waals surface area (Å²) in [5, 5.41) is 4.39. The number of anilines is 1. The highest BCUT2D eigenvalue weighted by Crippen LogP contribution is 2.19. The first kappa shape index (κ1) is 11.6. The van der Waals surface area contributed by atoms with Crippen LogP contribution in [0.15, 0.2) is 36.7 Å². The predicted molar refractivity (Wildman–Crippen MR) is 75.3 cm³/mol. The standard InChI is InChI=1S/C14H15N5/c1-10-4-6-14-16-12(9-19(14)17-10)11-5-7-13(15-8-11)18(2)3/h4-9H,1-3H3. The van der Waals surface area contributed by atoms with Crippen molar-refractivity contribution >= 4 is 11.5 Å². The van der Waals surface area contributed by atoms with Gasteiger partial charge in [-0.1, -0.05) is 0 Å². The predicted octanol–water partition coefficient (Wildman–Crippen LogP) is 2.17. The lowest BCUT2D eigenvalue weighted by atomic mass is 10.2. The van der Waals surface area contributed by atoms with Crippen LogP contribution in [-0.2, 0) is 0 Å². The average Bonchev–Trinajstić information content (AvgIpc) is 2.81. The van der Waals surface area contributed by atoms with Crippen LogP contribution in [0.25, 0.3) is 16.9 Å². The SMILES string of the molecule is Cc1ccc2nc(-c3ccc(N(C)C)nc3)cn2n1. The molecule has 0 aliphatic heterocycles. The van der Waals surface area contributed by atoms with Crippen LogP contribution in [0.4, 0.5) is 5.82 Å². The molecule has 0 aliphatic rings. The maximum atomic E-state index is 4.55. The molecule has 0 spiro atoms. The molecular weight excluding hydrogens is 238 g/mol. The van der Waals surface area contributed by atoms with Crippen LogP contribution in [0.3, 0.4) is 0 Å². The molecule has 3 rings (SSSR count). The number of nitrogens with zero attached hydrogens (tertiary/aromatic N) is 5. The maximum absolute atomic E-state index is 4.55. The van der Waals surface area contributed by atoms with Gasteiger partial charge in [-0.05, 0) is 31.2 Å². The van der Waals surface area contributed by atoms with Gasteiger partial charge in [0.05, 0.1) is 17.6 Å². The molecule has 0 amide bonds. The molecular formula is C14H15N5. The zero-order chi connectivity index (χ0) is 13.4. The van der Waals surface area contributed by atoms with Crippen molar-refractivity contribution in [2.45, 2.75) is 6.92 Å². The highest BCUT2D eigenvalue weighted by Gasteiger charge is 2.06. The quantitative estimate of drug-likeness (QED) is 0.702. The molecule has 0 unspecified atom stereocenters. The van der Waals surface area contributed by atoms with Crippen LogP contribution < -0.4 is 4.90 Å². The molecule has 0 saturated carbocycles. The molecule has 5 nitrogen and oxygen atoms in total. The molecule has 0 bridgehead atoms. The van der Waals surface area contributed by atoms with Crippen LogP contribution >= 0.6 is 0 Å². The molecule has 0 N–H and O–H groups in total. The molecule has 3 aromatic heterocycles. The second-order valence-electron chi connectivity index (χ2n) is 4.70. The van der Waals surface area contributed by atoms with Gasteiger partial charge in [-0.2, -0.15) is 5.10 Å². The Morgan fingerprint density at radius 2 is 1.95 bits per heavy atom. The van der Waals surface area contributed by atoms with Crippen molar-refractivity contribution in [3.63, 3.8) is 0 Å². The van der Waals surface area contributed by atoms with Crippen LogP contribution in [-0.4, -0.2) is 33.7 Å². The lowest BCUT2D eigenvalue weighted by molar-refractivity contribution is 0.901. The lowest BCUT2D eigenvalue weighted by Gasteiger charge is -2.10. The van der Waals surface area contributed by atoms with Crippen molar-refractivity contribution in [2.24, 2.45) is 0 Å². The van der Waals surface area contributed by atoms with Crippen LogP contribution in [0.1, 0.15) is 5.69 Å². The van der Waals surface area contributed by atoms with Crippen LogP contribution in [0, 0.1) is 6.92 Å². The van der Waals surface area contributed by atoms with Gasteiger partial charge in [0.15, 0.2) is 5.65 Å². The summed E-state index contributed by atoms with van der Waals surface area (Å²) in [7, 11) is 3.94. The Bertz CT molecular complexity index is 712. The van der Waals surface area contributed by atoms with E-state index in [1.807, 2.05) is 62.6 Å². The Morgan fingerprint density at radius 1 is 1.11 bits per heavy atom. The molecule has 0 fully saturated rings. The highest BCUT2D eigenvalue weighted by atomic mass is 15.2. The van der Waals surface area contributed by atoms with Crippen molar-refractivity contribution < 1.29 is 0 Å². The summed E-state index contributed by atoms with van der Waals surface area (Å²) < 4.78 is 1.80. The molecule has 0 aromatic carbocycles. The summed E-state index contributed by atoms with van der Waals surface area (Å²) in [6.45, 7) is 1.96. The molecule has 96 valence electrons. The van der Waals surface area contributed by atoms with Gasteiger partial charge in [0.1, 0.15) is 5.82 Å². The lowest BCUT2D eigenvalue weighted by Crippen LogP contribution is -2.09. The summed E-state index contributed by atoms with van der Waals surface area (Å²) in [6, 6.07) is 7.93. The summed E-state index contributed by atoms with van der Waals surface area (Å²) in [5.41, 5.74) is 3.69. The first-order valence-corrected chi connectivity index (χ1v) is 6.10. The Kier molecular flexibility index (Phi) is 2.67. The topological polar surface area (TPSA) is 46.3 Å². The van der Waals surface area contributed by atoms with E-state index in [0.717, 1.165) is 28.4 Å². The van der Waals surface area contributed by atoms with E-state index < -0.39 is 0 Å².